The number of rotatable bonds is 6. The summed E-state index contributed by atoms with van der Waals surface area (Å²) in [5, 5.41) is 13.9. The van der Waals surface area contributed by atoms with Gasteiger partial charge in [-0.15, -0.1) is 0 Å². The monoisotopic (exact) mass is 538 g/mol. The van der Waals surface area contributed by atoms with E-state index in [0.717, 1.165) is 28.8 Å². The first-order valence-electron chi connectivity index (χ1n) is 11.2. The van der Waals surface area contributed by atoms with Crippen LogP contribution >= 0.6 is 34.8 Å². The molecule has 0 aliphatic heterocycles. The van der Waals surface area contributed by atoms with E-state index in [1.165, 1.54) is 0 Å². The van der Waals surface area contributed by atoms with Crippen molar-refractivity contribution in [1.82, 2.24) is 24.5 Å². The van der Waals surface area contributed by atoms with Crippen molar-refractivity contribution in [3.05, 3.63) is 92.8 Å². The van der Waals surface area contributed by atoms with Crippen molar-refractivity contribution in [3.8, 4) is 11.3 Å². The first-order valence-corrected chi connectivity index (χ1v) is 12.4. The number of nitrogens with zero attached hydrogens (tertiary/aromatic N) is 5. The molecule has 0 unspecified atom stereocenters. The summed E-state index contributed by atoms with van der Waals surface area (Å²) in [5.74, 6) is -0.0868. The van der Waals surface area contributed by atoms with Crippen molar-refractivity contribution < 1.29 is 4.79 Å². The van der Waals surface area contributed by atoms with E-state index in [9.17, 15) is 4.79 Å². The summed E-state index contributed by atoms with van der Waals surface area (Å²) in [4.78, 5) is 18.3. The third kappa shape index (κ3) is 4.82. The fraction of sp³-hybridized carbons (Fsp3) is 0.154. The molecule has 7 nitrogen and oxygen atoms in total. The number of hydrogen-bond acceptors (Lipinski definition) is 4. The number of amides is 1. The van der Waals surface area contributed by atoms with Crippen LogP contribution in [0.4, 0.5) is 5.82 Å². The highest BCUT2D eigenvalue weighted by Gasteiger charge is 2.19. The summed E-state index contributed by atoms with van der Waals surface area (Å²) in [5.41, 5.74) is 4.38. The smallest absolute Gasteiger partial charge is 0.257 e. The molecule has 0 fully saturated rings. The Kier molecular flexibility index (Phi) is 6.71. The molecule has 0 atom stereocenters. The lowest BCUT2D eigenvalue weighted by molar-refractivity contribution is 0.102. The van der Waals surface area contributed by atoms with Gasteiger partial charge in [-0.2, -0.15) is 10.2 Å². The highest BCUT2D eigenvalue weighted by Crippen LogP contribution is 2.29. The number of anilines is 1. The Morgan fingerprint density at radius 3 is 2.53 bits per heavy atom. The number of aromatic nitrogens is 5. The molecule has 0 aliphatic rings. The third-order valence-electron chi connectivity index (χ3n) is 5.80. The van der Waals surface area contributed by atoms with Gasteiger partial charge in [-0.05, 0) is 43.7 Å². The zero-order chi connectivity index (χ0) is 25.4. The van der Waals surface area contributed by atoms with Gasteiger partial charge < -0.3 is 5.32 Å². The minimum Gasteiger partial charge on any atom is -0.304 e. The fourth-order valence-corrected chi connectivity index (χ4v) is 4.66. The maximum Gasteiger partial charge on any atom is 0.257 e. The van der Waals surface area contributed by atoms with E-state index >= 15 is 0 Å². The van der Waals surface area contributed by atoms with Gasteiger partial charge in [-0.25, -0.2) is 4.98 Å². The van der Waals surface area contributed by atoms with Gasteiger partial charge in [-0.1, -0.05) is 59.1 Å². The summed E-state index contributed by atoms with van der Waals surface area (Å²) in [6.45, 7) is 5.06. The molecular formula is C26H21Cl3N6O. The van der Waals surface area contributed by atoms with Crippen molar-refractivity contribution in [2.45, 2.75) is 26.9 Å². The largest absolute Gasteiger partial charge is 0.304 e. The number of pyridine rings is 1. The van der Waals surface area contributed by atoms with Gasteiger partial charge in [0.05, 0.1) is 29.0 Å². The van der Waals surface area contributed by atoms with Crippen LogP contribution in [-0.4, -0.2) is 30.5 Å². The highest BCUT2D eigenvalue weighted by molar-refractivity contribution is 6.35. The van der Waals surface area contributed by atoms with Gasteiger partial charge in [0.1, 0.15) is 5.02 Å². The van der Waals surface area contributed by atoms with E-state index in [1.54, 1.807) is 29.1 Å². The van der Waals surface area contributed by atoms with Gasteiger partial charge in [0.15, 0.2) is 5.82 Å². The summed E-state index contributed by atoms with van der Waals surface area (Å²) >= 11 is 18.7. The van der Waals surface area contributed by atoms with E-state index < -0.39 is 0 Å². The lowest BCUT2D eigenvalue weighted by atomic mass is 10.0. The normalized spacial score (nSPS) is 11.2. The molecule has 1 amide bonds. The van der Waals surface area contributed by atoms with Crippen molar-refractivity contribution in [2.24, 2.45) is 0 Å². The Balaban J connectivity index is 1.47. The lowest BCUT2D eigenvalue weighted by Crippen LogP contribution is -2.14. The van der Waals surface area contributed by atoms with Gasteiger partial charge in [-0.3, -0.25) is 14.2 Å². The molecule has 5 aromatic rings. The number of aryl methyl sites for hydroxylation is 2. The zero-order valence-electron chi connectivity index (χ0n) is 19.5. The number of halogens is 3. The molecule has 0 saturated heterocycles. The minimum absolute atomic E-state index is 0.254. The number of fused-ring (bicyclic) bond motifs is 1. The second kappa shape index (κ2) is 9.93. The van der Waals surface area contributed by atoms with Crippen LogP contribution in [0.15, 0.2) is 60.9 Å². The molecule has 182 valence electrons. The molecular weight excluding hydrogens is 519 g/mol. The maximum absolute atomic E-state index is 13.5. The minimum atomic E-state index is -0.341. The van der Waals surface area contributed by atoms with Gasteiger partial charge >= 0.3 is 0 Å². The standard InChI is InChI=1S/C26H21Cl3N6O/c1-3-34-13-20(15(2)32-34)24-11-19(18-6-4-5-7-23(18)30-24)26(36)31-25-22(29)14-35(33-25)12-16-8-9-17(27)10-21(16)28/h4-11,13-14H,3,12H2,1-2H3,(H,31,33,36). The molecule has 5 rings (SSSR count). The van der Waals surface area contributed by atoms with Gasteiger partial charge in [0.2, 0.25) is 0 Å². The number of hydrogen-bond donors (Lipinski definition) is 1. The summed E-state index contributed by atoms with van der Waals surface area (Å²) in [7, 11) is 0. The quantitative estimate of drug-likeness (QED) is 0.255. The first-order chi connectivity index (χ1) is 17.3. The molecule has 2 aromatic carbocycles. The Morgan fingerprint density at radius 1 is 0.972 bits per heavy atom. The number of para-hydroxylation sites is 1. The predicted octanol–water partition coefficient (Wildman–Crippen LogP) is 6.88. The molecule has 1 N–H and O–H groups in total. The van der Waals surface area contributed by atoms with Crippen molar-refractivity contribution in [1.29, 1.82) is 0 Å². The van der Waals surface area contributed by atoms with Gasteiger partial charge in [0.25, 0.3) is 5.91 Å². The molecule has 36 heavy (non-hydrogen) atoms. The van der Waals surface area contributed by atoms with Crippen LogP contribution in [-0.2, 0) is 13.1 Å². The van der Waals surface area contributed by atoms with Crippen LogP contribution in [0.25, 0.3) is 22.2 Å². The van der Waals surface area contributed by atoms with E-state index in [2.05, 4.69) is 15.5 Å². The number of carbonyl (C=O) groups excluding carboxylic acids is 1. The predicted molar refractivity (Wildman–Crippen MR) is 144 cm³/mol. The molecule has 3 aromatic heterocycles. The topological polar surface area (TPSA) is 77.6 Å². The van der Waals surface area contributed by atoms with Gasteiger partial charge in [0, 0.05) is 39.9 Å². The molecule has 0 radical (unpaired) electrons. The summed E-state index contributed by atoms with van der Waals surface area (Å²) in [6, 6.07) is 14.5. The van der Waals surface area contributed by atoms with Crippen LogP contribution in [0.1, 0.15) is 28.5 Å². The van der Waals surface area contributed by atoms with Crippen molar-refractivity contribution >= 4 is 57.4 Å². The van der Waals surface area contributed by atoms with Crippen LogP contribution in [0, 0.1) is 6.92 Å². The third-order valence-corrected chi connectivity index (χ3v) is 6.67. The average Bonchev–Trinajstić information content (AvgIpc) is 3.41. The van der Waals surface area contributed by atoms with E-state index in [4.69, 9.17) is 39.8 Å². The van der Waals surface area contributed by atoms with Crippen LogP contribution < -0.4 is 5.32 Å². The van der Waals surface area contributed by atoms with E-state index in [1.807, 2.05) is 55.1 Å². The van der Waals surface area contributed by atoms with E-state index in [-0.39, 0.29) is 11.7 Å². The fourth-order valence-electron chi connectivity index (χ4n) is 3.99. The second-order valence-corrected chi connectivity index (χ2v) is 9.52. The zero-order valence-corrected chi connectivity index (χ0v) is 21.7. The Bertz CT molecular complexity index is 1610. The first kappa shape index (κ1) is 24.3. The molecule has 0 aliphatic carbocycles. The Labute approximate surface area is 222 Å². The summed E-state index contributed by atoms with van der Waals surface area (Å²) < 4.78 is 3.46. The molecule has 0 spiro atoms. The van der Waals surface area contributed by atoms with Crippen molar-refractivity contribution in [3.63, 3.8) is 0 Å². The van der Waals surface area contributed by atoms with Crippen LogP contribution in [0.2, 0.25) is 15.1 Å². The Morgan fingerprint density at radius 2 is 1.78 bits per heavy atom. The number of carbonyl (C=O) groups is 1. The average molecular weight is 540 g/mol. The molecule has 10 heteroatoms. The number of nitrogens with one attached hydrogen (secondary N) is 1. The maximum atomic E-state index is 13.5. The molecule has 0 bridgehead atoms. The highest BCUT2D eigenvalue weighted by atomic mass is 35.5. The van der Waals surface area contributed by atoms with Crippen molar-refractivity contribution in [2.75, 3.05) is 5.32 Å². The number of benzene rings is 2. The van der Waals surface area contributed by atoms with E-state index in [0.29, 0.717) is 38.4 Å². The second-order valence-electron chi connectivity index (χ2n) is 8.27. The SMILES string of the molecule is CCn1cc(-c2cc(C(=O)Nc3nn(Cc4ccc(Cl)cc4Cl)cc3Cl)c3ccccc3n2)c(C)n1. The molecule has 0 saturated carbocycles. The molecule has 3 heterocycles. The summed E-state index contributed by atoms with van der Waals surface area (Å²) in [6.07, 6.45) is 3.58. The van der Waals surface area contributed by atoms with Crippen LogP contribution in [0.5, 0.6) is 0 Å². The lowest BCUT2D eigenvalue weighted by Gasteiger charge is -2.09. The van der Waals surface area contributed by atoms with Crippen LogP contribution in [0.3, 0.4) is 0 Å². The Hall–Kier alpha value is -3.39.